The Morgan fingerprint density at radius 3 is 2.31 bits per heavy atom. The van der Waals surface area contributed by atoms with Crippen LogP contribution >= 0.6 is 0 Å². The number of benzene rings is 2. The molecule has 1 saturated carbocycles. The number of carbonyl (C=O) groups is 1. The van der Waals surface area contributed by atoms with Gasteiger partial charge in [0.05, 0.1) is 24.0 Å². The van der Waals surface area contributed by atoms with Gasteiger partial charge in [-0.25, -0.2) is 0 Å². The molecule has 1 aliphatic carbocycles. The van der Waals surface area contributed by atoms with Crippen molar-refractivity contribution in [1.82, 2.24) is 0 Å². The number of nitrogens with zero attached hydrogens (tertiary/aromatic N) is 1. The predicted octanol–water partition coefficient (Wildman–Crippen LogP) is 5.34. The van der Waals surface area contributed by atoms with Crippen molar-refractivity contribution in [2.24, 2.45) is 0 Å². The van der Waals surface area contributed by atoms with Gasteiger partial charge in [-0.05, 0) is 57.6 Å². The number of carbonyl (C=O) groups excluding carboxylic acids is 1. The third-order valence-corrected chi connectivity index (χ3v) is 4.99. The molecular weight excluding hydrogens is 370 g/mol. The Hall–Kier alpha value is -2.89. The van der Waals surface area contributed by atoms with Crippen LogP contribution in [0.4, 0.5) is 5.69 Å². The maximum absolute atomic E-state index is 12.2. The van der Waals surface area contributed by atoms with Crippen molar-refractivity contribution in [2.45, 2.75) is 58.5 Å². The van der Waals surface area contributed by atoms with Crippen molar-refractivity contribution in [1.29, 1.82) is 0 Å². The zero-order valence-corrected chi connectivity index (χ0v) is 17.6. The van der Waals surface area contributed by atoms with E-state index in [-0.39, 0.29) is 18.0 Å². The smallest absolute Gasteiger partial charge is 0.310 e. The van der Waals surface area contributed by atoms with Crippen molar-refractivity contribution < 1.29 is 19.2 Å². The summed E-state index contributed by atoms with van der Waals surface area (Å²) in [6.07, 6.45) is 1.83. The first-order valence-corrected chi connectivity index (χ1v) is 9.79. The Morgan fingerprint density at radius 2 is 1.83 bits per heavy atom. The first-order valence-electron chi connectivity index (χ1n) is 9.79. The van der Waals surface area contributed by atoms with Gasteiger partial charge in [0.15, 0.2) is 0 Å². The SMILES string of the molecule is COC(=O)Cc1c(-c2ccccc2)c(C2CC2)c(OC(C)(C)C)c(C)c1[N+](=O)[O-]. The van der Waals surface area contributed by atoms with E-state index in [1.807, 2.05) is 51.1 Å². The number of nitro groups is 1. The molecule has 0 amide bonds. The summed E-state index contributed by atoms with van der Waals surface area (Å²) in [6, 6.07) is 9.52. The van der Waals surface area contributed by atoms with E-state index in [0.717, 1.165) is 29.5 Å². The van der Waals surface area contributed by atoms with Crippen molar-refractivity contribution in [3.05, 3.63) is 57.1 Å². The van der Waals surface area contributed by atoms with Gasteiger partial charge in [0.25, 0.3) is 5.69 Å². The minimum atomic E-state index is -0.514. The van der Waals surface area contributed by atoms with Crippen LogP contribution in [-0.4, -0.2) is 23.6 Å². The van der Waals surface area contributed by atoms with Gasteiger partial charge in [-0.2, -0.15) is 0 Å². The third kappa shape index (κ3) is 4.42. The molecule has 0 saturated heterocycles. The number of hydrogen-bond donors (Lipinski definition) is 0. The fourth-order valence-corrected chi connectivity index (χ4v) is 3.70. The van der Waals surface area contributed by atoms with Crippen LogP contribution in [0.1, 0.15) is 56.2 Å². The lowest BCUT2D eigenvalue weighted by molar-refractivity contribution is -0.386. The maximum Gasteiger partial charge on any atom is 0.310 e. The van der Waals surface area contributed by atoms with Crippen LogP contribution in [0.15, 0.2) is 30.3 Å². The highest BCUT2D eigenvalue weighted by atomic mass is 16.6. The molecule has 0 aliphatic heterocycles. The minimum absolute atomic E-state index is 0.0714. The van der Waals surface area contributed by atoms with E-state index in [2.05, 4.69) is 0 Å². The fraction of sp³-hybridized carbons (Fsp3) is 0.435. The van der Waals surface area contributed by atoms with E-state index < -0.39 is 16.5 Å². The molecule has 154 valence electrons. The van der Waals surface area contributed by atoms with Gasteiger partial charge < -0.3 is 9.47 Å². The standard InChI is InChI=1S/C23H27NO5/c1-14-21(24(26)27)17(13-18(25)28-5)19(15-9-7-6-8-10-15)20(16-11-12-16)22(14)29-23(2,3)4/h6-10,16H,11-13H2,1-5H3. The lowest BCUT2D eigenvalue weighted by Crippen LogP contribution is -2.25. The van der Waals surface area contributed by atoms with Crippen LogP contribution in [0.2, 0.25) is 0 Å². The average Bonchev–Trinajstić information content (AvgIpc) is 3.47. The third-order valence-electron chi connectivity index (χ3n) is 4.99. The molecule has 6 heteroatoms. The molecular formula is C23H27NO5. The summed E-state index contributed by atoms with van der Waals surface area (Å²) in [5, 5.41) is 12.1. The molecule has 1 aliphatic rings. The molecule has 6 nitrogen and oxygen atoms in total. The van der Waals surface area contributed by atoms with Crippen LogP contribution in [0.25, 0.3) is 11.1 Å². The van der Waals surface area contributed by atoms with E-state index in [1.54, 1.807) is 6.92 Å². The summed E-state index contributed by atoms with van der Waals surface area (Å²) in [5.41, 5.74) is 2.82. The van der Waals surface area contributed by atoms with Gasteiger partial charge in [-0.1, -0.05) is 30.3 Å². The van der Waals surface area contributed by atoms with Crippen LogP contribution in [0.3, 0.4) is 0 Å². The quantitative estimate of drug-likeness (QED) is 0.373. The lowest BCUT2D eigenvalue weighted by Gasteiger charge is -2.28. The highest BCUT2D eigenvalue weighted by Gasteiger charge is 2.38. The molecule has 0 N–H and O–H groups in total. The molecule has 3 rings (SSSR count). The number of methoxy groups -OCH3 is 1. The minimum Gasteiger partial charge on any atom is -0.487 e. The lowest BCUT2D eigenvalue weighted by atomic mass is 9.86. The van der Waals surface area contributed by atoms with Gasteiger partial charge in [0.2, 0.25) is 0 Å². The normalized spacial score (nSPS) is 13.8. The number of rotatable bonds is 6. The molecule has 0 unspecified atom stereocenters. The second-order valence-electron chi connectivity index (χ2n) is 8.43. The molecule has 2 aromatic rings. The molecule has 0 atom stereocenters. The summed E-state index contributed by atoms with van der Waals surface area (Å²) < 4.78 is 11.1. The van der Waals surface area contributed by atoms with Gasteiger partial charge in [0, 0.05) is 11.1 Å². The molecule has 0 spiro atoms. The van der Waals surface area contributed by atoms with Crippen LogP contribution in [-0.2, 0) is 16.0 Å². The number of esters is 1. The Balaban J connectivity index is 2.43. The van der Waals surface area contributed by atoms with Crippen molar-refractivity contribution >= 4 is 11.7 Å². The second-order valence-corrected chi connectivity index (χ2v) is 8.43. The number of hydrogen-bond acceptors (Lipinski definition) is 5. The van der Waals surface area contributed by atoms with Gasteiger partial charge in [-0.15, -0.1) is 0 Å². The number of nitro benzene ring substituents is 1. The highest BCUT2D eigenvalue weighted by molar-refractivity contribution is 5.86. The fourth-order valence-electron chi connectivity index (χ4n) is 3.70. The van der Waals surface area contributed by atoms with Crippen LogP contribution in [0, 0.1) is 17.0 Å². The van der Waals surface area contributed by atoms with E-state index in [9.17, 15) is 14.9 Å². The van der Waals surface area contributed by atoms with Gasteiger partial charge in [-0.3, -0.25) is 14.9 Å². The molecule has 0 radical (unpaired) electrons. The summed E-state index contributed by atoms with van der Waals surface area (Å²) in [4.78, 5) is 23.9. The molecule has 1 fully saturated rings. The van der Waals surface area contributed by atoms with Gasteiger partial charge >= 0.3 is 5.97 Å². The zero-order chi connectivity index (χ0) is 21.3. The molecule has 29 heavy (non-hydrogen) atoms. The van der Waals surface area contributed by atoms with E-state index in [4.69, 9.17) is 9.47 Å². The van der Waals surface area contributed by atoms with Crippen LogP contribution in [0.5, 0.6) is 5.75 Å². The maximum atomic E-state index is 12.2. The Morgan fingerprint density at radius 1 is 1.21 bits per heavy atom. The molecule has 0 bridgehead atoms. The monoisotopic (exact) mass is 397 g/mol. The second kappa shape index (κ2) is 7.85. The Labute approximate surface area is 171 Å². The van der Waals surface area contributed by atoms with Crippen molar-refractivity contribution in [3.63, 3.8) is 0 Å². The average molecular weight is 397 g/mol. The van der Waals surface area contributed by atoms with E-state index in [0.29, 0.717) is 16.9 Å². The molecule has 0 aromatic heterocycles. The summed E-state index contributed by atoms with van der Waals surface area (Å²) in [5.74, 6) is 0.327. The summed E-state index contributed by atoms with van der Waals surface area (Å²) in [6.45, 7) is 7.50. The van der Waals surface area contributed by atoms with Gasteiger partial charge in [0.1, 0.15) is 11.4 Å². The first kappa shape index (κ1) is 20.8. The Bertz CT molecular complexity index is 940. The number of ether oxygens (including phenoxy) is 2. The van der Waals surface area contributed by atoms with Crippen LogP contribution < -0.4 is 4.74 Å². The zero-order valence-electron chi connectivity index (χ0n) is 17.6. The van der Waals surface area contributed by atoms with Crippen molar-refractivity contribution in [2.75, 3.05) is 7.11 Å². The summed E-state index contributed by atoms with van der Waals surface area (Å²) in [7, 11) is 1.29. The van der Waals surface area contributed by atoms with E-state index in [1.165, 1.54) is 7.11 Å². The van der Waals surface area contributed by atoms with Crippen molar-refractivity contribution in [3.8, 4) is 16.9 Å². The molecule has 2 aromatic carbocycles. The highest BCUT2D eigenvalue weighted by Crippen LogP contribution is 2.54. The first-order chi connectivity index (χ1) is 13.6. The summed E-state index contributed by atoms with van der Waals surface area (Å²) >= 11 is 0. The Kier molecular flexibility index (Phi) is 5.64. The molecule has 0 heterocycles. The predicted molar refractivity (Wildman–Crippen MR) is 111 cm³/mol. The topological polar surface area (TPSA) is 78.7 Å². The largest absolute Gasteiger partial charge is 0.487 e. The van der Waals surface area contributed by atoms with E-state index >= 15 is 0 Å².